The highest BCUT2D eigenvalue weighted by molar-refractivity contribution is 5.92. The van der Waals surface area contributed by atoms with E-state index in [-0.39, 0.29) is 11.8 Å². The summed E-state index contributed by atoms with van der Waals surface area (Å²) in [5.41, 5.74) is 1.85. The Bertz CT molecular complexity index is 422. The summed E-state index contributed by atoms with van der Waals surface area (Å²) >= 11 is 0. The maximum absolute atomic E-state index is 12.0. The molecule has 2 N–H and O–H groups in total. The zero-order valence-electron chi connectivity index (χ0n) is 11.0. The first-order valence-corrected chi connectivity index (χ1v) is 6.63. The van der Waals surface area contributed by atoms with Crippen LogP contribution in [0.5, 0.6) is 0 Å². The van der Waals surface area contributed by atoms with Crippen LogP contribution in [0.1, 0.15) is 12.8 Å². The van der Waals surface area contributed by atoms with Gasteiger partial charge in [-0.05, 0) is 37.1 Å². The molecule has 0 aliphatic carbocycles. The van der Waals surface area contributed by atoms with Crippen molar-refractivity contribution in [2.24, 2.45) is 5.92 Å². The predicted molar refractivity (Wildman–Crippen MR) is 77.3 cm³/mol. The molecule has 0 spiro atoms. The van der Waals surface area contributed by atoms with Crippen molar-refractivity contribution >= 4 is 17.3 Å². The number of anilines is 2. The van der Waals surface area contributed by atoms with Gasteiger partial charge in [-0.25, -0.2) is 0 Å². The van der Waals surface area contributed by atoms with Crippen LogP contribution in [-0.2, 0) is 9.53 Å². The molecule has 1 aliphatic heterocycles. The van der Waals surface area contributed by atoms with Gasteiger partial charge in [0.15, 0.2) is 0 Å². The molecule has 1 heterocycles. The number of carbonyl (C=O) groups excluding carboxylic acids is 1. The summed E-state index contributed by atoms with van der Waals surface area (Å²) in [5.74, 6) is 0.169. The Morgan fingerprint density at radius 3 is 2.53 bits per heavy atom. The van der Waals surface area contributed by atoms with Gasteiger partial charge in [-0.15, -0.1) is 6.58 Å². The normalized spacial score (nSPS) is 15.8. The van der Waals surface area contributed by atoms with Crippen molar-refractivity contribution < 1.29 is 9.53 Å². The number of amides is 1. The summed E-state index contributed by atoms with van der Waals surface area (Å²) in [6.45, 7) is 5.75. The van der Waals surface area contributed by atoms with Crippen molar-refractivity contribution in [3.8, 4) is 0 Å². The van der Waals surface area contributed by atoms with Gasteiger partial charge in [0.2, 0.25) is 5.91 Å². The quantitative estimate of drug-likeness (QED) is 0.800. The van der Waals surface area contributed by atoms with Crippen molar-refractivity contribution in [3.05, 3.63) is 36.9 Å². The van der Waals surface area contributed by atoms with Gasteiger partial charge in [0.1, 0.15) is 0 Å². The van der Waals surface area contributed by atoms with Gasteiger partial charge in [0.25, 0.3) is 0 Å². The Morgan fingerprint density at radius 2 is 1.89 bits per heavy atom. The highest BCUT2D eigenvalue weighted by Gasteiger charge is 2.21. The Labute approximate surface area is 113 Å². The van der Waals surface area contributed by atoms with E-state index in [0.717, 1.165) is 30.8 Å². The third-order valence-corrected chi connectivity index (χ3v) is 3.20. The average Bonchev–Trinajstić information content (AvgIpc) is 2.47. The fourth-order valence-corrected chi connectivity index (χ4v) is 2.07. The van der Waals surface area contributed by atoms with Crippen molar-refractivity contribution in [2.75, 3.05) is 30.4 Å². The maximum Gasteiger partial charge on any atom is 0.227 e. The molecule has 1 amide bonds. The lowest BCUT2D eigenvalue weighted by Gasteiger charge is -2.21. The first-order valence-electron chi connectivity index (χ1n) is 6.63. The molecule has 102 valence electrons. The average molecular weight is 260 g/mol. The number of rotatable bonds is 5. The molecule has 1 saturated heterocycles. The van der Waals surface area contributed by atoms with Gasteiger partial charge in [0, 0.05) is 37.1 Å². The standard InChI is InChI=1S/C15H20N2O2/c1-2-9-16-13-3-5-14(6-4-13)17-15(18)12-7-10-19-11-8-12/h2-6,12,16H,1,7-11H2,(H,17,18). The van der Waals surface area contributed by atoms with Crippen LogP contribution in [0.4, 0.5) is 11.4 Å². The predicted octanol–water partition coefficient (Wildman–Crippen LogP) is 2.65. The molecule has 1 aromatic carbocycles. The minimum Gasteiger partial charge on any atom is -0.382 e. The van der Waals surface area contributed by atoms with Gasteiger partial charge >= 0.3 is 0 Å². The number of hydrogen-bond acceptors (Lipinski definition) is 3. The molecule has 0 unspecified atom stereocenters. The van der Waals surface area contributed by atoms with E-state index in [1.165, 1.54) is 0 Å². The summed E-state index contributed by atoms with van der Waals surface area (Å²) in [7, 11) is 0. The Hall–Kier alpha value is -1.81. The van der Waals surface area contributed by atoms with Crippen LogP contribution in [-0.4, -0.2) is 25.7 Å². The summed E-state index contributed by atoms with van der Waals surface area (Å²) in [6.07, 6.45) is 3.43. The number of benzene rings is 1. The fourth-order valence-electron chi connectivity index (χ4n) is 2.07. The maximum atomic E-state index is 12.0. The molecule has 0 saturated carbocycles. The van der Waals surface area contributed by atoms with E-state index in [1.54, 1.807) is 6.08 Å². The van der Waals surface area contributed by atoms with Gasteiger partial charge in [-0.1, -0.05) is 6.08 Å². The molecule has 1 aliphatic rings. The van der Waals surface area contributed by atoms with Gasteiger partial charge in [-0.2, -0.15) is 0 Å². The zero-order valence-corrected chi connectivity index (χ0v) is 11.0. The second-order valence-electron chi connectivity index (χ2n) is 4.62. The Balaban J connectivity index is 1.87. The third kappa shape index (κ3) is 4.10. The lowest BCUT2D eigenvalue weighted by atomic mass is 9.99. The molecular weight excluding hydrogens is 240 g/mol. The topological polar surface area (TPSA) is 50.4 Å². The zero-order chi connectivity index (χ0) is 13.5. The fraction of sp³-hybridized carbons (Fsp3) is 0.400. The monoisotopic (exact) mass is 260 g/mol. The second kappa shape index (κ2) is 6.95. The molecule has 0 bridgehead atoms. The molecule has 0 radical (unpaired) electrons. The number of hydrogen-bond donors (Lipinski definition) is 2. The largest absolute Gasteiger partial charge is 0.382 e. The van der Waals surface area contributed by atoms with Crippen LogP contribution >= 0.6 is 0 Å². The van der Waals surface area contributed by atoms with E-state index in [2.05, 4.69) is 17.2 Å². The molecule has 4 heteroatoms. The van der Waals surface area contributed by atoms with E-state index in [9.17, 15) is 4.79 Å². The summed E-state index contributed by atoms with van der Waals surface area (Å²) in [4.78, 5) is 12.0. The van der Waals surface area contributed by atoms with E-state index in [0.29, 0.717) is 13.2 Å². The van der Waals surface area contributed by atoms with E-state index in [4.69, 9.17) is 4.74 Å². The minimum atomic E-state index is 0.0762. The van der Waals surface area contributed by atoms with Crippen molar-refractivity contribution in [2.45, 2.75) is 12.8 Å². The molecule has 1 aromatic rings. The molecule has 4 nitrogen and oxygen atoms in total. The second-order valence-corrected chi connectivity index (χ2v) is 4.62. The SMILES string of the molecule is C=CCNc1ccc(NC(=O)C2CCOCC2)cc1. The summed E-state index contributed by atoms with van der Waals surface area (Å²) in [6, 6.07) is 7.71. The highest BCUT2D eigenvalue weighted by atomic mass is 16.5. The van der Waals surface area contributed by atoms with Gasteiger partial charge in [-0.3, -0.25) is 4.79 Å². The first kappa shape index (κ1) is 13.6. The first-order chi connectivity index (χ1) is 9.29. The van der Waals surface area contributed by atoms with E-state index >= 15 is 0 Å². The van der Waals surface area contributed by atoms with Crippen molar-refractivity contribution in [1.82, 2.24) is 0 Å². The number of carbonyl (C=O) groups is 1. The van der Waals surface area contributed by atoms with Crippen LogP contribution in [0.3, 0.4) is 0 Å². The number of nitrogens with one attached hydrogen (secondary N) is 2. The van der Waals surface area contributed by atoms with E-state index < -0.39 is 0 Å². The smallest absolute Gasteiger partial charge is 0.227 e. The number of ether oxygens (including phenoxy) is 1. The minimum absolute atomic E-state index is 0.0762. The molecule has 2 rings (SSSR count). The summed E-state index contributed by atoms with van der Waals surface area (Å²) < 4.78 is 5.26. The van der Waals surface area contributed by atoms with Crippen LogP contribution in [0.25, 0.3) is 0 Å². The van der Waals surface area contributed by atoms with Crippen molar-refractivity contribution in [3.63, 3.8) is 0 Å². The van der Waals surface area contributed by atoms with Gasteiger partial charge < -0.3 is 15.4 Å². The highest BCUT2D eigenvalue weighted by Crippen LogP contribution is 2.18. The Kier molecular flexibility index (Phi) is 4.98. The van der Waals surface area contributed by atoms with Crippen LogP contribution in [0.15, 0.2) is 36.9 Å². The van der Waals surface area contributed by atoms with E-state index in [1.807, 2.05) is 24.3 Å². The van der Waals surface area contributed by atoms with Crippen LogP contribution < -0.4 is 10.6 Å². The molecule has 0 atom stereocenters. The molecule has 0 aromatic heterocycles. The van der Waals surface area contributed by atoms with Crippen molar-refractivity contribution in [1.29, 1.82) is 0 Å². The molecular formula is C15H20N2O2. The summed E-state index contributed by atoms with van der Waals surface area (Å²) in [5, 5.41) is 6.14. The lowest BCUT2D eigenvalue weighted by molar-refractivity contribution is -0.122. The Morgan fingerprint density at radius 1 is 1.26 bits per heavy atom. The molecule has 19 heavy (non-hydrogen) atoms. The molecule has 1 fully saturated rings. The van der Waals surface area contributed by atoms with Crippen LogP contribution in [0.2, 0.25) is 0 Å². The van der Waals surface area contributed by atoms with Crippen LogP contribution in [0, 0.1) is 5.92 Å². The van der Waals surface area contributed by atoms with Gasteiger partial charge in [0.05, 0.1) is 0 Å². The third-order valence-electron chi connectivity index (χ3n) is 3.20. The lowest BCUT2D eigenvalue weighted by Crippen LogP contribution is -2.28.